The number of hydrogen-bond donors (Lipinski definition) is 0. The molecule has 2 aliphatic rings. The largest absolute Gasteiger partial charge is 0.464 e. The average Bonchev–Trinajstić information content (AvgIpc) is 2.33. The highest BCUT2D eigenvalue weighted by Gasteiger charge is 2.45. The van der Waals surface area contributed by atoms with Crippen molar-refractivity contribution in [2.24, 2.45) is 0 Å². The molecule has 1 fully saturated rings. The first-order valence-corrected chi connectivity index (χ1v) is 6.46. The average molecular weight is 271 g/mol. The topological polar surface area (TPSA) is 72.9 Å². The summed E-state index contributed by atoms with van der Waals surface area (Å²) in [4.78, 5) is 35.5. The number of carbonyl (C=O) groups is 3. The number of β-lactam (4-membered cyclic amide) rings is 1. The van der Waals surface area contributed by atoms with Gasteiger partial charge in [0.2, 0.25) is 5.91 Å². The number of rotatable bonds is 3. The van der Waals surface area contributed by atoms with Crippen LogP contribution in [0, 0.1) is 0 Å². The van der Waals surface area contributed by atoms with E-state index in [1.807, 2.05) is 0 Å². The lowest BCUT2D eigenvalue weighted by Crippen LogP contribution is -2.54. The lowest BCUT2D eigenvalue weighted by Gasteiger charge is -2.44. The van der Waals surface area contributed by atoms with Crippen molar-refractivity contribution in [3.05, 3.63) is 11.3 Å². The Morgan fingerprint density at radius 1 is 1.50 bits per heavy atom. The van der Waals surface area contributed by atoms with Gasteiger partial charge in [-0.2, -0.15) is 0 Å². The Kier molecular flexibility index (Phi) is 3.60. The molecule has 0 aliphatic carbocycles. The normalized spacial score (nSPS) is 22.2. The van der Waals surface area contributed by atoms with Crippen molar-refractivity contribution >= 4 is 29.6 Å². The second-order valence-electron chi connectivity index (χ2n) is 3.96. The van der Waals surface area contributed by atoms with Crippen molar-refractivity contribution in [3.8, 4) is 0 Å². The van der Waals surface area contributed by atoms with Gasteiger partial charge in [0, 0.05) is 18.2 Å². The third-order valence-electron chi connectivity index (χ3n) is 2.76. The summed E-state index contributed by atoms with van der Waals surface area (Å²) in [7, 11) is 1.26. The fourth-order valence-electron chi connectivity index (χ4n) is 1.86. The Morgan fingerprint density at radius 2 is 2.22 bits per heavy atom. The zero-order valence-electron chi connectivity index (χ0n) is 10.1. The van der Waals surface area contributed by atoms with Gasteiger partial charge in [0.15, 0.2) is 0 Å². The van der Waals surface area contributed by atoms with E-state index in [1.165, 1.54) is 18.9 Å². The molecule has 0 aromatic heterocycles. The van der Waals surface area contributed by atoms with Crippen LogP contribution in [0.2, 0.25) is 0 Å². The maximum Gasteiger partial charge on any atom is 0.354 e. The highest BCUT2D eigenvalue weighted by atomic mass is 32.2. The Bertz CT molecular complexity index is 445. The van der Waals surface area contributed by atoms with Crippen LogP contribution in [0.15, 0.2) is 11.3 Å². The summed E-state index contributed by atoms with van der Waals surface area (Å²) >= 11 is 1.56. The van der Waals surface area contributed by atoms with Crippen LogP contribution in [-0.4, -0.2) is 47.6 Å². The van der Waals surface area contributed by atoms with Crippen molar-refractivity contribution in [1.29, 1.82) is 0 Å². The Labute approximate surface area is 108 Å². The molecule has 2 rings (SSSR count). The number of nitrogens with zero attached hydrogens (tertiary/aromatic N) is 1. The van der Waals surface area contributed by atoms with Gasteiger partial charge >= 0.3 is 11.9 Å². The molecule has 2 heterocycles. The highest BCUT2D eigenvalue weighted by molar-refractivity contribution is 8.00. The molecule has 6 nitrogen and oxygen atoms in total. The first-order valence-electron chi connectivity index (χ1n) is 5.42. The van der Waals surface area contributed by atoms with E-state index >= 15 is 0 Å². The van der Waals surface area contributed by atoms with E-state index in [0.717, 1.165) is 0 Å². The van der Waals surface area contributed by atoms with E-state index in [0.29, 0.717) is 17.7 Å². The van der Waals surface area contributed by atoms with E-state index in [2.05, 4.69) is 4.74 Å². The van der Waals surface area contributed by atoms with Gasteiger partial charge in [0.25, 0.3) is 0 Å². The predicted molar refractivity (Wildman–Crippen MR) is 63.4 cm³/mol. The minimum Gasteiger partial charge on any atom is -0.464 e. The Hall–Kier alpha value is -1.50. The van der Waals surface area contributed by atoms with Gasteiger partial charge in [-0.05, 0) is 0 Å². The lowest BCUT2D eigenvalue weighted by atomic mass is 10.1. The SMILES string of the molecule is COC(=O)C1=C(COC(C)=O)CS[C@H]2CC(=O)N12. The van der Waals surface area contributed by atoms with E-state index in [-0.39, 0.29) is 23.6 Å². The fraction of sp³-hybridized carbons (Fsp3) is 0.545. The number of methoxy groups -OCH3 is 1. The monoisotopic (exact) mass is 271 g/mol. The number of carbonyl (C=O) groups excluding carboxylic acids is 3. The highest BCUT2D eigenvalue weighted by Crippen LogP contribution is 2.40. The molecule has 0 bridgehead atoms. The maximum absolute atomic E-state index is 11.7. The number of hydrogen-bond acceptors (Lipinski definition) is 6. The molecule has 0 aromatic carbocycles. The molecule has 0 unspecified atom stereocenters. The lowest BCUT2D eigenvalue weighted by molar-refractivity contribution is -0.148. The summed E-state index contributed by atoms with van der Waals surface area (Å²) in [6, 6.07) is 0. The smallest absolute Gasteiger partial charge is 0.354 e. The Morgan fingerprint density at radius 3 is 2.78 bits per heavy atom. The van der Waals surface area contributed by atoms with Crippen molar-refractivity contribution in [2.45, 2.75) is 18.7 Å². The molecule has 18 heavy (non-hydrogen) atoms. The van der Waals surface area contributed by atoms with Crippen LogP contribution in [0.25, 0.3) is 0 Å². The summed E-state index contributed by atoms with van der Waals surface area (Å²) < 4.78 is 9.58. The van der Waals surface area contributed by atoms with Crippen molar-refractivity contribution in [1.82, 2.24) is 4.90 Å². The van der Waals surface area contributed by atoms with E-state index < -0.39 is 11.9 Å². The zero-order valence-corrected chi connectivity index (χ0v) is 10.9. The fourth-order valence-corrected chi connectivity index (χ4v) is 3.11. The van der Waals surface area contributed by atoms with Gasteiger partial charge in [0.1, 0.15) is 12.3 Å². The molecule has 0 aromatic rings. The maximum atomic E-state index is 11.7. The van der Waals surface area contributed by atoms with E-state index in [4.69, 9.17) is 4.74 Å². The van der Waals surface area contributed by atoms with Gasteiger partial charge in [0.05, 0.1) is 18.9 Å². The van der Waals surface area contributed by atoms with Crippen molar-refractivity contribution < 1.29 is 23.9 Å². The van der Waals surface area contributed by atoms with Gasteiger partial charge in [-0.1, -0.05) is 0 Å². The molecule has 7 heteroatoms. The minimum absolute atomic E-state index is 0.00711. The van der Waals surface area contributed by atoms with Gasteiger partial charge in [-0.15, -0.1) is 11.8 Å². The second kappa shape index (κ2) is 5.01. The van der Waals surface area contributed by atoms with Crippen molar-refractivity contribution in [3.63, 3.8) is 0 Å². The van der Waals surface area contributed by atoms with Crippen LogP contribution in [-0.2, 0) is 23.9 Å². The van der Waals surface area contributed by atoms with Gasteiger partial charge in [-0.25, -0.2) is 4.79 Å². The predicted octanol–water partition coefficient (Wildman–Crippen LogP) is 0.282. The molecule has 1 atom stereocenters. The van der Waals surface area contributed by atoms with Crippen molar-refractivity contribution in [2.75, 3.05) is 19.5 Å². The summed E-state index contributed by atoms with van der Waals surface area (Å²) in [5.41, 5.74) is 0.852. The second-order valence-corrected chi connectivity index (χ2v) is 5.12. The van der Waals surface area contributed by atoms with Crippen LogP contribution in [0.1, 0.15) is 13.3 Å². The first kappa shape index (κ1) is 12.9. The molecule has 0 radical (unpaired) electrons. The van der Waals surface area contributed by atoms with Gasteiger partial charge in [-0.3, -0.25) is 14.5 Å². The van der Waals surface area contributed by atoms with Crippen LogP contribution >= 0.6 is 11.8 Å². The molecule has 2 aliphatic heterocycles. The molecule has 1 amide bonds. The quantitative estimate of drug-likeness (QED) is 0.542. The minimum atomic E-state index is -0.560. The summed E-state index contributed by atoms with van der Waals surface area (Å²) in [5, 5.41) is 0.00711. The third-order valence-corrected chi connectivity index (χ3v) is 4.04. The third kappa shape index (κ3) is 2.22. The number of thioether (sulfide) groups is 1. The number of amides is 1. The molecule has 0 saturated carbocycles. The number of fused-ring (bicyclic) bond motifs is 1. The summed E-state index contributed by atoms with van der Waals surface area (Å²) in [6.45, 7) is 1.31. The standard InChI is InChI=1S/C11H13NO5S/c1-6(13)17-4-7-5-18-9-3-8(14)12(9)10(7)11(15)16-2/h9H,3-5H2,1-2H3/t9-/m0/s1. The van der Waals surface area contributed by atoms with Crippen LogP contribution in [0.4, 0.5) is 0 Å². The molecular weight excluding hydrogens is 258 g/mol. The molecule has 0 spiro atoms. The van der Waals surface area contributed by atoms with E-state index in [9.17, 15) is 14.4 Å². The zero-order chi connectivity index (χ0) is 13.3. The van der Waals surface area contributed by atoms with Crippen LogP contribution in [0.5, 0.6) is 0 Å². The van der Waals surface area contributed by atoms with E-state index in [1.54, 1.807) is 11.8 Å². The Balaban J connectivity index is 2.26. The van der Waals surface area contributed by atoms with Crippen LogP contribution < -0.4 is 0 Å². The van der Waals surface area contributed by atoms with Gasteiger partial charge < -0.3 is 9.47 Å². The summed E-state index contributed by atoms with van der Waals surface area (Å²) in [6.07, 6.45) is 0.437. The molecule has 0 N–H and O–H groups in total. The molecular formula is C11H13NO5S. The first-order chi connectivity index (χ1) is 8.54. The molecule has 1 saturated heterocycles. The number of esters is 2. The molecule has 98 valence electrons. The number of ether oxygens (including phenoxy) is 2. The van der Waals surface area contributed by atoms with Crippen LogP contribution in [0.3, 0.4) is 0 Å². The summed E-state index contributed by atoms with van der Waals surface area (Å²) in [5.74, 6) is -0.524.